The summed E-state index contributed by atoms with van der Waals surface area (Å²) < 4.78 is 8.15. The number of amides is 1. The number of aryl methyl sites for hydroxylation is 1. The molecule has 0 radical (unpaired) electrons. The third-order valence-electron chi connectivity index (χ3n) is 5.25. The number of carbonyl (C=O) groups is 1. The molecule has 4 aromatic rings. The van der Waals surface area contributed by atoms with Crippen LogP contribution in [0.15, 0.2) is 69.6 Å². The summed E-state index contributed by atoms with van der Waals surface area (Å²) >= 11 is 1.26. The zero-order valence-corrected chi connectivity index (χ0v) is 18.6. The minimum Gasteiger partial charge on any atom is -0.497 e. The fourth-order valence-electron chi connectivity index (χ4n) is 3.45. The van der Waals surface area contributed by atoms with Gasteiger partial charge in [0.1, 0.15) is 17.0 Å². The van der Waals surface area contributed by atoms with Gasteiger partial charge < -0.3 is 10.1 Å². The molecule has 1 amide bonds. The van der Waals surface area contributed by atoms with Gasteiger partial charge in [-0.2, -0.15) is 0 Å². The first-order valence-electron chi connectivity index (χ1n) is 10.1. The number of nitrogens with one attached hydrogen (secondary N) is 1. The molecule has 0 bridgehead atoms. The Bertz CT molecular complexity index is 1370. The number of nitrogens with zero attached hydrogens (tertiary/aromatic N) is 2. The van der Waals surface area contributed by atoms with Gasteiger partial charge in [-0.3, -0.25) is 18.7 Å². The van der Waals surface area contributed by atoms with E-state index in [0.717, 1.165) is 16.7 Å². The van der Waals surface area contributed by atoms with E-state index in [1.165, 1.54) is 20.5 Å². The van der Waals surface area contributed by atoms with Crippen molar-refractivity contribution >= 4 is 27.5 Å². The summed E-state index contributed by atoms with van der Waals surface area (Å²) in [6.45, 7) is 2.31. The molecular formula is C24H23N3O4S. The molecule has 0 saturated carbocycles. The smallest absolute Gasteiger partial charge is 0.332 e. The Balaban J connectivity index is 1.61. The van der Waals surface area contributed by atoms with Crippen LogP contribution in [0.1, 0.15) is 16.7 Å². The van der Waals surface area contributed by atoms with E-state index in [-0.39, 0.29) is 24.6 Å². The van der Waals surface area contributed by atoms with Crippen LogP contribution in [-0.2, 0) is 24.4 Å². The predicted octanol–water partition coefficient (Wildman–Crippen LogP) is 2.91. The highest BCUT2D eigenvalue weighted by atomic mass is 32.1. The van der Waals surface area contributed by atoms with Gasteiger partial charge in [-0.15, -0.1) is 11.3 Å². The van der Waals surface area contributed by atoms with Gasteiger partial charge in [-0.25, -0.2) is 4.79 Å². The summed E-state index contributed by atoms with van der Waals surface area (Å²) in [5.41, 5.74) is 2.51. The number of aromatic nitrogens is 2. The molecule has 0 atom stereocenters. The second-order valence-electron chi connectivity index (χ2n) is 7.51. The third kappa shape index (κ3) is 4.50. The van der Waals surface area contributed by atoms with Crippen molar-refractivity contribution in [3.8, 4) is 5.75 Å². The zero-order valence-electron chi connectivity index (χ0n) is 17.8. The number of hydrogen-bond acceptors (Lipinski definition) is 5. The number of ether oxygens (including phenoxy) is 1. The van der Waals surface area contributed by atoms with Crippen LogP contribution in [0.4, 0.5) is 0 Å². The molecule has 0 saturated heterocycles. The lowest BCUT2D eigenvalue weighted by molar-refractivity contribution is -0.121. The second-order valence-corrected chi connectivity index (χ2v) is 8.42. The van der Waals surface area contributed by atoms with E-state index in [9.17, 15) is 14.4 Å². The topological polar surface area (TPSA) is 82.3 Å². The molecule has 8 heteroatoms. The van der Waals surface area contributed by atoms with Crippen molar-refractivity contribution in [2.75, 3.05) is 7.11 Å². The molecule has 2 heterocycles. The molecule has 0 aliphatic rings. The predicted molar refractivity (Wildman–Crippen MR) is 125 cm³/mol. The first kappa shape index (κ1) is 21.6. The van der Waals surface area contributed by atoms with Crippen molar-refractivity contribution in [1.29, 1.82) is 0 Å². The highest BCUT2D eigenvalue weighted by Gasteiger charge is 2.16. The van der Waals surface area contributed by atoms with Crippen LogP contribution >= 0.6 is 11.3 Å². The van der Waals surface area contributed by atoms with Crippen molar-refractivity contribution < 1.29 is 9.53 Å². The van der Waals surface area contributed by atoms with Gasteiger partial charge in [0.25, 0.3) is 5.56 Å². The minimum absolute atomic E-state index is 0.112. The lowest BCUT2D eigenvalue weighted by Gasteiger charge is -2.13. The Kier molecular flexibility index (Phi) is 6.23. The van der Waals surface area contributed by atoms with Crippen molar-refractivity contribution in [2.45, 2.75) is 26.6 Å². The van der Waals surface area contributed by atoms with E-state index in [1.54, 1.807) is 30.7 Å². The molecule has 0 unspecified atom stereocenters. The summed E-state index contributed by atoms with van der Waals surface area (Å²) in [7, 11) is 1.58. The molecule has 1 N–H and O–H groups in total. The number of fused-ring (bicyclic) bond motifs is 1. The maximum Gasteiger partial charge on any atom is 0.332 e. The summed E-state index contributed by atoms with van der Waals surface area (Å²) in [6, 6.07) is 16.7. The molecule has 0 spiro atoms. The monoisotopic (exact) mass is 449 g/mol. The minimum atomic E-state index is -0.512. The maximum absolute atomic E-state index is 13.2. The van der Waals surface area contributed by atoms with Crippen LogP contribution in [0.2, 0.25) is 0 Å². The van der Waals surface area contributed by atoms with Crippen molar-refractivity contribution in [3.63, 3.8) is 0 Å². The quantitative estimate of drug-likeness (QED) is 0.470. The van der Waals surface area contributed by atoms with Crippen LogP contribution in [0.25, 0.3) is 10.2 Å². The van der Waals surface area contributed by atoms with Crippen LogP contribution < -0.4 is 21.3 Å². The van der Waals surface area contributed by atoms with Gasteiger partial charge in [0.2, 0.25) is 5.91 Å². The largest absolute Gasteiger partial charge is 0.497 e. The Labute approximate surface area is 188 Å². The molecular weight excluding hydrogens is 426 g/mol. The van der Waals surface area contributed by atoms with Crippen LogP contribution in [0.3, 0.4) is 0 Å². The summed E-state index contributed by atoms with van der Waals surface area (Å²) in [6.07, 6.45) is 0. The van der Waals surface area contributed by atoms with Crippen molar-refractivity contribution in [3.05, 3.63) is 97.5 Å². The molecule has 0 aliphatic heterocycles. The highest BCUT2D eigenvalue weighted by molar-refractivity contribution is 7.17. The average Bonchev–Trinajstić information content (AvgIpc) is 3.29. The standard InChI is InChI=1S/C24H23N3O4S/c1-16-3-5-17(6-4-16)13-25-21(28)15-26-20-11-12-32-22(20)23(29)27(24(26)30)14-18-7-9-19(31-2)10-8-18/h3-12H,13-15H2,1-2H3,(H,25,28). The second kappa shape index (κ2) is 9.23. The van der Waals surface area contributed by atoms with E-state index in [4.69, 9.17) is 4.74 Å². The molecule has 0 aliphatic carbocycles. The van der Waals surface area contributed by atoms with Gasteiger partial charge in [0.15, 0.2) is 0 Å². The molecule has 164 valence electrons. The van der Waals surface area contributed by atoms with Crippen LogP contribution in [-0.4, -0.2) is 22.2 Å². The van der Waals surface area contributed by atoms with Gasteiger partial charge in [0.05, 0.1) is 19.2 Å². The fourth-order valence-corrected chi connectivity index (χ4v) is 4.29. The first-order chi connectivity index (χ1) is 15.5. The Morgan fingerprint density at radius 1 is 0.969 bits per heavy atom. The number of carbonyl (C=O) groups excluding carboxylic acids is 1. The summed E-state index contributed by atoms with van der Waals surface area (Å²) in [4.78, 5) is 38.8. The number of thiophene rings is 1. The maximum atomic E-state index is 13.2. The number of rotatable bonds is 7. The molecule has 0 fully saturated rings. The lowest BCUT2D eigenvalue weighted by Crippen LogP contribution is -2.42. The SMILES string of the molecule is COc1ccc(Cn2c(=O)c3sccc3n(CC(=O)NCc3ccc(C)cc3)c2=O)cc1. The number of benzene rings is 2. The first-order valence-corrected chi connectivity index (χ1v) is 11.0. The number of methoxy groups -OCH3 is 1. The molecule has 32 heavy (non-hydrogen) atoms. The van der Waals surface area contributed by atoms with Gasteiger partial charge in [0, 0.05) is 6.54 Å². The molecule has 2 aromatic carbocycles. The highest BCUT2D eigenvalue weighted by Crippen LogP contribution is 2.16. The van der Waals surface area contributed by atoms with E-state index in [2.05, 4.69) is 5.32 Å². The van der Waals surface area contributed by atoms with E-state index < -0.39 is 5.69 Å². The fraction of sp³-hybridized carbons (Fsp3) is 0.208. The lowest BCUT2D eigenvalue weighted by atomic mass is 10.1. The Morgan fingerprint density at radius 3 is 2.34 bits per heavy atom. The van der Waals surface area contributed by atoms with Gasteiger partial charge in [-0.1, -0.05) is 42.0 Å². The molecule has 4 rings (SSSR count). The van der Waals surface area contributed by atoms with Gasteiger partial charge in [-0.05, 0) is 41.6 Å². The normalized spacial score (nSPS) is 10.9. The summed E-state index contributed by atoms with van der Waals surface area (Å²) in [5, 5.41) is 4.60. The summed E-state index contributed by atoms with van der Waals surface area (Å²) in [5.74, 6) is 0.396. The van der Waals surface area contributed by atoms with E-state index >= 15 is 0 Å². The van der Waals surface area contributed by atoms with Crippen molar-refractivity contribution in [2.24, 2.45) is 0 Å². The van der Waals surface area contributed by atoms with E-state index in [0.29, 0.717) is 22.5 Å². The Morgan fingerprint density at radius 2 is 1.66 bits per heavy atom. The zero-order chi connectivity index (χ0) is 22.7. The molecule has 2 aromatic heterocycles. The average molecular weight is 450 g/mol. The number of hydrogen-bond donors (Lipinski definition) is 1. The van der Waals surface area contributed by atoms with Gasteiger partial charge >= 0.3 is 5.69 Å². The van der Waals surface area contributed by atoms with Crippen LogP contribution in [0, 0.1) is 6.92 Å². The molecule has 7 nitrogen and oxygen atoms in total. The van der Waals surface area contributed by atoms with Crippen LogP contribution in [0.5, 0.6) is 5.75 Å². The Hall–Kier alpha value is -3.65. The third-order valence-corrected chi connectivity index (χ3v) is 6.14. The van der Waals surface area contributed by atoms with E-state index in [1.807, 2.05) is 43.3 Å². The van der Waals surface area contributed by atoms with Crippen molar-refractivity contribution in [1.82, 2.24) is 14.5 Å².